The molecule has 0 bridgehead atoms. The zero-order valence-electron chi connectivity index (χ0n) is 6.42. The van der Waals surface area contributed by atoms with E-state index in [2.05, 4.69) is 0 Å². The molecule has 0 aliphatic heterocycles. The Morgan fingerprint density at radius 3 is 2.50 bits per heavy atom. The lowest BCUT2D eigenvalue weighted by Crippen LogP contribution is -2.33. The summed E-state index contributed by atoms with van der Waals surface area (Å²) in [4.78, 5) is 10.3. The number of carbonyl (C=O) groups excluding carboxylic acids is 1. The fraction of sp³-hybridized carbons (Fsp3) is 0.857. The molecule has 0 aliphatic carbocycles. The molecule has 0 rings (SSSR count). The maximum atomic E-state index is 10.3. The molecule has 1 atom stereocenters. The van der Waals surface area contributed by atoms with Gasteiger partial charge in [-0.3, -0.25) is 0 Å². The van der Waals surface area contributed by atoms with Gasteiger partial charge in [0, 0.05) is 5.25 Å². The molecule has 0 spiro atoms. The Bertz CT molecular complexity index is 97.8. The number of carboxylic acids is 1. The molecule has 0 fully saturated rings. The minimum Gasteiger partial charge on any atom is -0.549 e. The van der Waals surface area contributed by atoms with Crippen molar-refractivity contribution in [2.45, 2.75) is 31.9 Å². The van der Waals surface area contributed by atoms with Gasteiger partial charge in [-0.15, -0.1) is 0 Å². The van der Waals surface area contributed by atoms with Crippen LogP contribution in [0.2, 0.25) is 0 Å². The fourth-order valence-corrected chi connectivity index (χ4v) is 1.67. The maximum absolute atomic E-state index is 10.3. The number of thioether (sulfide) groups is 1. The Morgan fingerprint density at radius 1 is 1.60 bits per heavy atom. The average Bonchev–Trinajstić information content (AvgIpc) is 1.87. The Labute approximate surface area is 66.0 Å². The van der Waals surface area contributed by atoms with Gasteiger partial charge in [0.15, 0.2) is 0 Å². The molecule has 60 valence electrons. The predicted molar refractivity (Wildman–Crippen MR) is 41.8 cm³/mol. The summed E-state index contributed by atoms with van der Waals surface area (Å²) in [6.45, 7) is 3.93. The maximum Gasteiger partial charge on any atom is 0.0544 e. The number of carboxylic acid groups (broad SMARTS) is 1. The fourth-order valence-electron chi connectivity index (χ4n) is 0.733. The lowest BCUT2D eigenvalue weighted by atomic mass is 10.2. The first-order valence-electron chi connectivity index (χ1n) is 3.54. The molecule has 0 aromatic rings. The van der Waals surface area contributed by atoms with Gasteiger partial charge in [-0.05, 0) is 12.2 Å². The van der Waals surface area contributed by atoms with Crippen molar-refractivity contribution in [3.05, 3.63) is 0 Å². The Hall–Kier alpha value is -0.180. The van der Waals surface area contributed by atoms with Gasteiger partial charge >= 0.3 is 0 Å². The average molecular weight is 161 g/mol. The van der Waals surface area contributed by atoms with Crippen LogP contribution in [0.5, 0.6) is 0 Å². The van der Waals surface area contributed by atoms with E-state index in [1.165, 1.54) is 11.8 Å². The van der Waals surface area contributed by atoms with Gasteiger partial charge in [-0.1, -0.05) is 20.3 Å². The van der Waals surface area contributed by atoms with Crippen LogP contribution in [0.4, 0.5) is 0 Å². The standard InChI is InChI=1S/C7H14O2S/c1-3-5-6(7(8)9)10-4-2/h6H,3-5H2,1-2H3,(H,8,9)/p-1/t6-/m1/s1. The topological polar surface area (TPSA) is 40.1 Å². The summed E-state index contributed by atoms with van der Waals surface area (Å²) in [5, 5.41) is 10.1. The van der Waals surface area contributed by atoms with Crippen LogP contribution in [0.15, 0.2) is 0 Å². The van der Waals surface area contributed by atoms with Gasteiger partial charge in [0.1, 0.15) is 0 Å². The van der Waals surface area contributed by atoms with Crippen molar-refractivity contribution >= 4 is 17.7 Å². The van der Waals surface area contributed by atoms with Crippen molar-refractivity contribution in [1.29, 1.82) is 0 Å². The molecule has 0 heterocycles. The highest BCUT2D eigenvalue weighted by Crippen LogP contribution is 2.14. The first kappa shape index (κ1) is 9.82. The minimum atomic E-state index is -0.922. The molecule has 3 heteroatoms. The van der Waals surface area contributed by atoms with Gasteiger partial charge in [-0.25, -0.2) is 0 Å². The molecule has 0 aromatic carbocycles. The molecule has 0 unspecified atom stereocenters. The monoisotopic (exact) mass is 161 g/mol. The van der Waals surface area contributed by atoms with Gasteiger partial charge in [0.05, 0.1) is 5.97 Å². The summed E-state index contributed by atoms with van der Waals surface area (Å²) in [7, 11) is 0. The lowest BCUT2D eigenvalue weighted by Gasteiger charge is -2.14. The van der Waals surface area contributed by atoms with Gasteiger partial charge < -0.3 is 9.90 Å². The van der Waals surface area contributed by atoms with Crippen LogP contribution in [0.3, 0.4) is 0 Å². The summed E-state index contributed by atoms with van der Waals surface area (Å²) >= 11 is 1.45. The van der Waals surface area contributed by atoms with E-state index in [0.29, 0.717) is 0 Å². The smallest absolute Gasteiger partial charge is 0.0544 e. The van der Waals surface area contributed by atoms with Crippen LogP contribution in [0, 0.1) is 0 Å². The van der Waals surface area contributed by atoms with Gasteiger partial charge in [0.25, 0.3) is 0 Å². The van der Waals surface area contributed by atoms with Gasteiger partial charge in [0.2, 0.25) is 0 Å². The van der Waals surface area contributed by atoms with E-state index in [-0.39, 0.29) is 5.25 Å². The second-order valence-corrected chi connectivity index (χ2v) is 3.53. The SMILES string of the molecule is CCC[C@@H](SCC)C(=O)[O-]. The Kier molecular flexibility index (Phi) is 5.49. The minimum absolute atomic E-state index is 0.296. The zero-order valence-corrected chi connectivity index (χ0v) is 7.24. The first-order valence-corrected chi connectivity index (χ1v) is 4.59. The molecule has 2 nitrogen and oxygen atoms in total. The highest BCUT2D eigenvalue weighted by molar-refractivity contribution is 8.00. The van der Waals surface area contributed by atoms with Crippen LogP contribution in [0.1, 0.15) is 26.7 Å². The number of hydrogen-bond acceptors (Lipinski definition) is 3. The van der Waals surface area contributed by atoms with E-state index >= 15 is 0 Å². The normalized spacial score (nSPS) is 13.0. The van der Waals surface area contributed by atoms with Crippen LogP contribution >= 0.6 is 11.8 Å². The highest BCUT2D eigenvalue weighted by atomic mass is 32.2. The van der Waals surface area contributed by atoms with E-state index in [1.54, 1.807) is 0 Å². The van der Waals surface area contributed by atoms with Crippen molar-refractivity contribution in [1.82, 2.24) is 0 Å². The number of hydrogen-bond donors (Lipinski definition) is 0. The van der Waals surface area contributed by atoms with E-state index in [0.717, 1.165) is 18.6 Å². The Morgan fingerprint density at radius 2 is 2.20 bits per heavy atom. The molecule has 0 amide bonds. The van der Waals surface area contributed by atoms with Gasteiger partial charge in [-0.2, -0.15) is 11.8 Å². The largest absolute Gasteiger partial charge is 0.549 e. The quantitative estimate of drug-likeness (QED) is 0.594. The number of carbonyl (C=O) groups is 1. The highest BCUT2D eigenvalue weighted by Gasteiger charge is 2.06. The first-order chi connectivity index (χ1) is 4.72. The van der Waals surface area contributed by atoms with Crippen molar-refractivity contribution in [3.8, 4) is 0 Å². The predicted octanol–water partition coefficient (Wildman–Crippen LogP) is 0.658. The molecule has 0 saturated carbocycles. The lowest BCUT2D eigenvalue weighted by molar-refractivity contribution is -0.304. The number of aliphatic carboxylic acids is 1. The van der Waals surface area contributed by atoms with Crippen LogP contribution in [0.25, 0.3) is 0 Å². The molecule has 0 radical (unpaired) electrons. The van der Waals surface area contributed by atoms with E-state index < -0.39 is 5.97 Å². The third-order valence-electron chi connectivity index (χ3n) is 1.18. The summed E-state index contributed by atoms with van der Waals surface area (Å²) < 4.78 is 0. The van der Waals surface area contributed by atoms with E-state index in [4.69, 9.17) is 0 Å². The molecule has 10 heavy (non-hydrogen) atoms. The third-order valence-corrected chi connectivity index (χ3v) is 2.35. The molecule has 0 N–H and O–H groups in total. The molecular weight excluding hydrogens is 148 g/mol. The van der Waals surface area contributed by atoms with Crippen molar-refractivity contribution in [3.63, 3.8) is 0 Å². The Balaban J connectivity index is 3.61. The third kappa shape index (κ3) is 3.77. The number of rotatable bonds is 5. The summed E-state index contributed by atoms with van der Waals surface area (Å²) in [6, 6.07) is 0. The van der Waals surface area contributed by atoms with Crippen molar-refractivity contribution in [2.24, 2.45) is 0 Å². The van der Waals surface area contributed by atoms with Crippen molar-refractivity contribution in [2.75, 3.05) is 5.75 Å². The summed E-state index contributed by atoms with van der Waals surface area (Å²) in [5.74, 6) is -0.0766. The van der Waals surface area contributed by atoms with Crippen LogP contribution in [-0.2, 0) is 4.79 Å². The molecule has 0 aromatic heterocycles. The van der Waals surface area contributed by atoms with Crippen molar-refractivity contribution < 1.29 is 9.90 Å². The summed E-state index contributed by atoms with van der Waals surface area (Å²) in [5.41, 5.74) is 0. The molecule has 0 aliphatic rings. The molecular formula is C7H13O2S-. The summed E-state index contributed by atoms with van der Waals surface area (Å²) in [6.07, 6.45) is 1.63. The second-order valence-electron chi connectivity index (χ2n) is 2.05. The molecule has 0 saturated heterocycles. The second kappa shape index (κ2) is 5.59. The van der Waals surface area contributed by atoms with Crippen LogP contribution < -0.4 is 5.11 Å². The van der Waals surface area contributed by atoms with Crippen LogP contribution in [-0.4, -0.2) is 17.0 Å². The van der Waals surface area contributed by atoms with E-state index in [1.807, 2.05) is 13.8 Å². The zero-order chi connectivity index (χ0) is 7.98. The van der Waals surface area contributed by atoms with E-state index in [9.17, 15) is 9.90 Å².